The third-order valence-electron chi connectivity index (χ3n) is 1.72. The zero-order valence-electron chi connectivity index (χ0n) is 7.74. The first-order chi connectivity index (χ1) is 6.88. The van der Waals surface area contributed by atoms with Gasteiger partial charge in [-0.3, -0.25) is 0 Å². The summed E-state index contributed by atoms with van der Waals surface area (Å²) < 4.78 is 36.1. The number of nitrogens with one attached hydrogen (secondary N) is 1. The van der Waals surface area contributed by atoms with E-state index in [9.17, 15) is 13.2 Å². The standard InChI is InChI=1S/C9H10BrF3N2/c10-7-3-6(1-2-8(7)14)4-15-5-9(11,12)13/h1-3,15H,4-5,14H2. The molecule has 2 nitrogen and oxygen atoms in total. The van der Waals surface area contributed by atoms with E-state index in [4.69, 9.17) is 5.73 Å². The lowest BCUT2D eigenvalue weighted by molar-refractivity contribution is -0.125. The largest absolute Gasteiger partial charge is 0.401 e. The summed E-state index contributed by atoms with van der Waals surface area (Å²) in [6, 6.07) is 5.02. The summed E-state index contributed by atoms with van der Waals surface area (Å²) in [5, 5.41) is 2.30. The maximum atomic E-state index is 11.8. The fourth-order valence-corrected chi connectivity index (χ4v) is 1.46. The number of alkyl halides is 3. The zero-order valence-corrected chi connectivity index (χ0v) is 9.32. The molecule has 1 rings (SSSR count). The van der Waals surface area contributed by atoms with Gasteiger partial charge in [-0.25, -0.2) is 0 Å². The van der Waals surface area contributed by atoms with Gasteiger partial charge in [0.15, 0.2) is 0 Å². The number of hydrogen-bond donors (Lipinski definition) is 2. The second-order valence-corrected chi connectivity index (χ2v) is 3.93. The molecular formula is C9H10BrF3N2. The van der Waals surface area contributed by atoms with E-state index in [2.05, 4.69) is 21.2 Å². The molecule has 0 saturated heterocycles. The van der Waals surface area contributed by atoms with Crippen LogP contribution in [0, 0.1) is 0 Å². The van der Waals surface area contributed by atoms with Crippen molar-refractivity contribution in [3.05, 3.63) is 28.2 Å². The predicted molar refractivity (Wildman–Crippen MR) is 56.3 cm³/mol. The highest BCUT2D eigenvalue weighted by atomic mass is 79.9. The Hall–Kier alpha value is -0.750. The molecule has 0 spiro atoms. The molecule has 3 N–H and O–H groups in total. The molecular weight excluding hydrogens is 273 g/mol. The van der Waals surface area contributed by atoms with E-state index in [0.29, 0.717) is 10.2 Å². The molecule has 0 fully saturated rings. The van der Waals surface area contributed by atoms with E-state index in [1.165, 1.54) is 0 Å². The summed E-state index contributed by atoms with van der Waals surface area (Å²) in [4.78, 5) is 0. The number of benzene rings is 1. The Morgan fingerprint density at radius 1 is 1.33 bits per heavy atom. The maximum absolute atomic E-state index is 11.8. The van der Waals surface area contributed by atoms with Gasteiger partial charge in [-0.1, -0.05) is 6.07 Å². The number of anilines is 1. The highest BCUT2D eigenvalue weighted by molar-refractivity contribution is 9.10. The third-order valence-corrected chi connectivity index (χ3v) is 2.41. The van der Waals surface area contributed by atoms with E-state index < -0.39 is 12.7 Å². The fraction of sp³-hybridized carbons (Fsp3) is 0.333. The van der Waals surface area contributed by atoms with Gasteiger partial charge in [0.25, 0.3) is 0 Å². The molecule has 0 amide bonds. The smallest absolute Gasteiger partial charge is 0.398 e. The summed E-state index contributed by atoms with van der Waals surface area (Å²) in [6.07, 6.45) is -4.18. The van der Waals surface area contributed by atoms with Crippen LogP contribution < -0.4 is 11.1 Å². The molecule has 6 heteroatoms. The van der Waals surface area contributed by atoms with Crippen molar-refractivity contribution in [1.29, 1.82) is 0 Å². The summed E-state index contributed by atoms with van der Waals surface area (Å²) >= 11 is 3.20. The topological polar surface area (TPSA) is 38.0 Å². The van der Waals surface area contributed by atoms with Crippen molar-refractivity contribution in [2.24, 2.45) is 0 Å². The molecule has 0 saturated carbocycles. The Bertz CT molecular complexity index is 339. The fourth-order valence-electron chi connectivity index (χ4n) is 1.03. The molecule has 84 valence electrons. The molecule has 0 aliphatic carbocycles. The minimum absolute atomic E-state index is 0.165. The molecule has 1 aromatic rings. The van der Waals surface area contributed by atoms with Crippen LogP contribution in [-0.4, -0.2) is 12.7 Å². The van der Waals surface area contributed by atoms with Gasteiger partial charge in [0.1, 0.15) is 0 Å². The van der Waals surface area contributed by atoms with Crippen molar-refractivity contribution in [2.45, 2.75) is 12.7 Å². The Balaban J connectivity index is 2.48. The van der Waals surface area contributed by atoms with Crippen LogP contribution in [0.25, 0.3) is 0 Å². The number of nitrogens with two attached hydrogens (primary N) is 1. The SMILES string of the molecule is Nc1ccc(CNCC(F)(F)F)cc1Br. The van der Waals surface area contributed by atoms with Crippen LogP contribution in [0.3, 0.4) is 0 Å². The first kappa shape index (κ1) is 12.3. The van der Waals surface area contributed by atoms with Gasteiger partial charge < -0.3 is 11.1 Å². The Kier molecular flexibility index (Phi) is 3.98. The molecule has 0 unspecified atom stereocenters. The van der Waals surface area contributed by atoms with Gasteiger partial charge in [0, 0.05) is 16.7 Å². The molecule has 0 atom stereocenters. The first-order valence-electron chi connectivity index (χ1n) is 4.20. The van der Waals surface area contributed by atoms with Crippen molar-refractivity contribution in [1.82, 2.24) is 5.32 Å². The quantitative estimate of drug-likeness (QED) is 0.837. The van der Waals surface area contributed by atoms with Crippen LogP contribution in [0.4, 0.5) is 18.9 Å². The monoisotopic (exact) mass is 282 g/mol. The lowest BCUT2D eigenvalue weighted by Crippen LogP contribution is -2.28. The Morgan fingerprint density at radius 2 is 2.00 bits per heavy atom. The van der Waals surface area contributed by atoms with Crippen molar-refractivity contribution >= 4 is 21.6 Å². The van der Waals surface area contributed by atoms with Crippen molar-refractivity contribution in [3.63, 3.8) is 0 Å². The molecule has 0 bridgehead atoms. The van der Waals surface area contributed by atoms with Crippen LogP contribution in [0.15, 0.2) is 22.7 Å². The van der Waals surface area contributed by atoms with Crippen LogP contribution in [-0.2, 0) is 6.54 Å². The van der Waals surface area contributed by atoms with Crippen LogP contribution >= 0.6 is 15.9 Å². The molecule has 0 heterocycles. The molecule has 0 aromatic heterocycles. The predicted octanol–water partition coefficient (Wildman–Crippen LogP) is 2.68. The minimum atomic E-state index is -4.18. The van der Waals surface area contributed by atoms with E-state index in [1.807, 2.05) is 0 Å². The van der Waals surface area contributed by atoms with Crippen LogP contribution in [0.5, 0.6) is 0 Å². The Morgan fingerprint density at radius 3 is 2.53 bits per heavy atom. The average molecular weight is 283 g/mol. The first-order valence-corrected chi connectivity index (χ1v) is 4.99. The minimum Gasteiger partial charge on any atom is -0.398 e. The molecule has 0 aliphatic heterocycles. The number of halogens is 4. The van der Waals surface area contributed by atoms with E-state index in [-0.39, 0.29) is 6.54 Å². The second-order valence-electron chi connectivity index (χ2n) is 3.07. The molecule has 15 heavy (non-hydrogen) atoms. The van der Waals surface area contributed by atoms with E-state index in [0.717, 1.165) is 5.56 Å². The van der Waals surface area contributed by atoms with Gasteiger partial charge in [-0.05, 0) is 33.6 Å². The van der Waals surface area contributed by atoms with E-state index >= 15 is 0 Å². The average Bonchev–Trinajstić information content (AvgIpc) is 2.09. The molecule has 1 aromatic carbocycles. The third kappa shape index (κ3) is 4.53. The van der Waals surface area contributed by atoms with Crippen molar-refractivity contribution < 1.29 is 13.2 Å². The van der Waals surface area contributed by atoms with Gasteiger partial charge in [-0.15, -0.1) is 0 Å². The number of hydrogen-bond acceptors (Lipinski definition) is 2. The lowest BCUT2D eigenvalue weighted by atomic mass is 10.2. The van der Waals surface area contributed by atoms with Gasteiger partial charge in [0.2, 0.25) is 0 Å². The maximum Gasteiger partial charge on any atom is 0.401 e. The van der Waals surface area contributed by atoms with Crippen LogP contribution in [0.2, 0.25) is 0 Å². The van der Waals surface area contributed by atoms with Gasteiger partial charge in [-0.2, -0.15) is 13.2 Å². The molecule has 0 aliphatic rings. The van der Waals surface area contributed by atoms with E-state index in [1.54, 1.807) is 18.2 Å². The number of nitrogen functional groups attached to an aromatic ring is 1. The summed E-state index contributed by atoms with van der Waals surface area (Å²) in [6.45, 7) is -0.826. The zero-order chi connectivity index (χ0) is 11.5. The lowest BCUT2D eigenvalue weighted by Gasteiger charge is -2.08. The Labute approximate surface area is 93.8 Å². The normalized spacial score (nSPS) is 11.7. The summed E-state index contributed by atoms with van der Waals surface area (Å²) in [5.74, 6) is 0. The molecule has 0 radical (unpaired) electrons. The van der Waals surface area contributed by atoms with Gasteiger partial charge in [0.05, 0.1) is 6.54 Å². The van der Waals surface area contributed by atoms with Gasteiger partial charge >= 0.3 is 6.18 Å². The highest BCUT2D eigenvalue weighted by Gasteiger charge is 2.25. The second kappa shape index (κ2) is 4.85. The summed E-state index contributed by atoms with van der Waals surface area (Å²) in [7, 11) is 0. The van der Waals surface area contributed by atoms with Crippen molar-refractivity contribution in [2.75, 3.05) is 12.3 Å². The highest BCUT2D eigenvalue weighted by Crippen LogP contribution is 2.20. The summed E-state index contributed by atoms with van der Waals surface area (Å²) in [5.41, 5.74) is 6.85. The van der Waals surface area contributed by atoms with Crippen LogP contribution in [0.1, 0.15) is 5.56 Å². The van der Waals surface area contributed by atoms with Crippen molar-refractivity contribution in [3.8, 4) is 0 Å². The number of rotatable bonds is 3.